The van der Waals surface area contributed by atoms with Crippen LogP contribution in [0.3, 0.4) is 0 Å². The summed E-state index contributed by atoms with van der Waals surface area (Å²) in [7, 11) is -0.584. The van der Waals surface area contributed by atoms with Gasteiger partial charge in [0.25, 0.3) is 0 Å². The molecule has 0 bridgehead atoms. The molecule has 0 unspecified atom stereocenters. The highest BCUT2D eigenvalue weighted by atomic mass is 35.5. The van der Waals surface area contributed by atoms with E-state index in [4.69, 9.17) is 21.1 Å². The number of amides is 2. The summed E-state index contributed by atoms with van der Waals surface area (Å²) in [6.45, 7) is 2.21. The van der Waals surface area contributed by atoms with Gasteiger partial charge in [-0.05, 0) is 61.6 Å². The van der Waals surface area contributed by atoms with E-state index in [1.807, 2.05) is 31.2 Å². The predicted molar refractivity (Wildman–Crippen MR) is 162 cm³/mol. The van der Waals surface area contributed by atoms with Crippen molar-refractivity contribution < 1.29 is 27.5 Å². The first-order chi connectivity index (χ1) is 19.6. The number of hydrogen-bond acceptors (Lipinski definition) is 6. The van der Waals surface area contributed by atoms with Gasteiger partial charge in [-0.25, -0.2) is 8.42 Å². The summed E-state index contributed by atoms with van der Waals surface area (Å²) in [6, 6.07) is 11.6. The number of anilines is 1. The van der Waals surface area contributed by atoms with E-state index in [2.05, 4.69) is 5.32 Å². The molecule has 0 radical (unpaired) electrons. The van der Waals surface area contributed by atoms with Crippen LogP contribution in [0.4, 0.5) is 5.69 Å². The zero-order valence-electron chi connectivity index (χ0n) is 24.4. The van der Waals surface area contributed by atoms with Crippen molar-refractivity contribution in [1.82, 2.24) is 10.2 Å². The smallest absolute Gasteiger partial charge is 0.243 e. The lowest BCUT2D eigenvalue weighted by molar-refractivity contribution is -0.141. The second-order valence-corrected chi connectivity index (χ2v) is 12.7. The summed E-state index contributed by atoms with van der Waals surface area (Å²) in [4.78, 5) is 28.8. The van der Waals surface area contributed by atoms with Gasteiger partial charge in [0.2, 0.25) is 21.8 Å². The van der Waals surface area contributed by atoms with Crippen molar-refractivity contribution in [3.8, 4) is 11.5 Å². The molecular formula is C30H42ClN3O6S. The Morgan fingerprint density at radius 3 is 2.41 bits per heavy atom. The summed E-state index contributed by atoms with van der Waals surface area (Å²) in [6.07, 6.45) is 7.13. The maximum Gasteiger partial charge on any atom is 0.243 e. The van der Waals surface area contributed by atoms with Gasteiger partial charge in [-0.15, -0.1) is 0 Å². The van der Waals surface area contributed by atoms with E-state index in [9.17, 15) is 18.0 Å². The van der Waals surface area contributed by atoms with Crippen LogP contribution in [-0.4, -0.2) is 64.2 Å². The van der Waals surface area contributed by atoms with Gasteiger partial charge in [-0.2, -0.15) is 0 Å². The molecule has 41 heavy (non-hydrogen) atoms. The summed E-state index contributed by atoms with van der Waals surface area (Å²) >= 11 is 6.24. The summed E-state index contributed by atoms with van der Waals surface area (Å²) in [5.41, 5.74) is 1.23. The van der Waals surface area contributed by atoms with Gasteiger partial charge < -0.3 is 19.7 Å². The van der Waals surface area contributed by atoms with Crippen molar-refractivity contribution in [2.75, 3.05) is 31.3 Å². The van der Waals surface area contributed by atoms with Gasteiger partial charge in [0.15, 0.2) is 0 Å². The molecule has 2 amide bonds. The molecule has 1 N–H and O–H groups in total. The normalized spacial score (nSPS) is 14.7. The Bertz CT molecular complexity index is 1280. The van der Waals surface area contributed by atoms with Crippen molar-refractivity contribution >= 4 is 39.1 Å². The second-order valence-electron chi connectivity index (χ2n) is 10.4. The molecule has 226 valence electrons. The number of nitrogens with one attached hydrogen (secondary N) is 1. The molecule has 0 spiro atoms. The van der Waals surface area contributed by atoms with Gasteiger partial charge >= 0.3 is 0 Å². The van der Waals surface area contributed by atoms with E-state index in [0.29, 0.717) is 23.6 Å². The first-order valence-electron chi connectivity index (χ1n) is 14.1. The van der Waals surface area contributed by atoms with E-state index >= 15 is 0 Å². The van der Waals surface area contributed by atoms with Crippen LogP contribution in [0.25, 0.3) is 0 Å². The Hall–Kier alpha value is -2.98. The zero-order valence-corrected chi connectivity index (χ0v) is 26.0. The minimum absolute atomic E-state index is 0.0626. The lowest BCUT2D eigenvalue weighted by Crippen LogP contribution is -2.51. The van der Waals surface area contributed by atoms with Gasteiger partial charge in [-0.1, -0.05) is 49.9 Å². The summed E-state index contributed by atoms with van der Waals surface area (Å²) in [5, 5.41) is 3.46. The largest absolute Gasteiger partial charge is 0.497 e. The Morgan fingerprint density at radius 2 is 1.80 bits per heavy atom. The highest BCUT2D eigenvalue weighted by molar-refractivity contribution is 7.92. The number of hydrogen-bond donors (Lipinski definition) is 1. The zero-order chi connectivity index (χ0) is 30.0. The molecule has 0 heterocycles. The Kier molecular flexibility index (Phi) is 12.1. The number of halogens is 1. The second kappa shape index (κ2) is 15.3. The molecule has 2 aromatic carbocycles. The molecule has 0 aromatic heterocycles. The van der Waals surface area contributed by atoms with Crippen LogP contribution in [0.5, 0.6) is 11.5 Å². The van der Waals surface area contributed by atoms with Crippen LogP contribution >= 0.6 is 11.6 Å². The van der Waals surface area contributed by atoms with E-state index in [1.54, 1.807) is 24.1 Å². The van der Waals surface area contributed by atoms with E-state index in [1.165, 1.54) is 23.9 Å². The van der Waals surface area contributed by atoms with Crippen molar-refractivity contribution in [2.24, 2.45) is 0 Å². The molecule has 9 nitrogen and oxygen atoms in total. The van der Waals surface area contributed by atoms with Gasteiger partial charge in [0.05, 0.1) is 31.2 Å². The first kappa shape index (κ1) is 32.5. The maximum atomic E-state index is 13.7. The lowest BCUT2D eigenvalue weighted by Gasteiger charge is -2.33. The average Bonchev–Trinajstić information content (AvgIpc) is 2.95. The van der Waals surface area contributed by atoms with Crippen molar-refractivity contribution in [1.29, 1.82) is 0 Å². The number of rotatable bonds is 14. The molecule has 1 aliphatic rings. The van der Waals surface area contributed by atoms with Gasteiger partial charge in [0, 0.05) is 25.6 Å². The van der Waals surface area contributed by atoms with Gasteiger partial charge in [0.1, 0.15) is 17.5 Å². The lowest BCUT2D eigenvalue weighted by atomic mass is 9.95. The Morgan fingerprint density at radius 1 is 1.07 bits per heavy atom. The Balaban J connectivity index is 1.78. The molecule has 2 aromatic rings. The predicted octanol–water partition coefficient (Wildman–Crippen LogP) is 5.16. The maximum absolute atomic E-state index is 13.7. The molecule has 0 saturated heterocycles. The van der Waals surface area contributed by atoms with Crippen molar-refractivity contribution in [3.05, 3.63) is 53.1 Å². The molecule has 1 atom stereocenters. The number of sulfonamides is 1. The van der Waals surface area contributed by atoms with Crippen LogP contribution < -0.4 is 19.1 Å². The summed E-state index contributed by atoms with van der Waals surface area (Å²) < 4.78 is 37.0. The highest BCUT2D eigenvalue weighted by Gasteiger charge is 2.30. The summed E-state index contributed by atoms with van der Waals surface area (Å²) in [5.74, 6) is 0.724. The molecule has 3 rings (SSSR count). The fourth-order valence-electron chi connectivity index (χ4n) is 5.25. The topological polar surface area (TPSA) is 105 Å². The number of benzene rings is 2. The van der Waals surface area contributed by atoms with E-state index in [-0.39, 0.29) is 48.8 Å². The standard InChI is InChI=1S/C30H42ClN3O6S/c1-5-27(30(36)32-23-12-7-6-8-13-23)33(21-22-11-9-14-25(19-22)39-2)29(35)15-10-18-34(41(4,37)38)24-16-17-28(40-3)26(31)20-24/h9,11,14,16-17,19-20,23,27H,5-8,10,12-13,15,18,21H2,1-4H3,(H,32,36)/t27-/m1/s1. The van der Waals surface area contributed by atoms with Crippen LogP contribution in [0.15, 0.2) is 42.5 Å². The first-order valence-corrected chi connectivity index (χ1v) is 16.3. The average molecular weight is 608 g/mol. The van der Waals surface area contributed by atoms with Crippen molar-refractivity contribution in [2.45, 2.75) is 76.9 Å². The minimum atomic E-state index is -3.65. The molecule has 1 saturated carbocycles. The van der Waals surface area contributed by atoms with Crippen LogP contribution in [0.1, 0.15) is 63.9 Å². The molecule has 0 aliphatic heterocycles. The third kappa shape index (κ3) is 9.26. The van der Waals surface area contributed by atoms with Crippen LogP contribution in [0, 0.1) is 0 Å². The number of ether oxygens (including phenoxy) is 2. The number of carbonyl (C=O) groups is 2. The monoisotopic (exact) mass is 607 g/mol. The van der Waals surface area contributed by atoms with Crippen molar-refractivity contribution in [3.63, 3.8) is 0 Å². The molecule has 1 fully saturated rings. The van der Waals surface area contributed by atoms with Crippen LogP contribution in [0.2, 0.25) is 5.02 Å². The van der Waals surface area contributed by atoms with E-state index in [0.717, 1.165) is 37.5 Å². The Labute approximate surface area is 249 Å². The third-order valence-electron chi connectivity index (χ3n) is 7.40. The fraction of sp³-hybridized carbons (Fsp3) is 0.533. The molecular weight excluding hydrogens is 566 g/mol. The fourth-order valence-corrected chi connectivity index (χ4v) is 6.45. The quantitative estimate of drug-likeness (QED) is 0.318. The number of nitrogens with zero attached hydrogens (tertiary/aromatic N) is 2. The number of methoxy groups -OCH3 is 2. The highest BCUT2D eigenvalue weighted by Crippen LogP contribution is 2.30. The minimum Gasteiger partial charge on any atom is -0.497 e. The SMILES string of the molecule is CC[C@H](C(=O)NC1CCCCC1)N(Cc1cccc(OC)c1)C(=O)CCCN(c1ccc(OC)c(Cl)c1)S(C)(=O)=O. The number of carbonyl (C=O) groups excluding carboxylic acids is 2. The van der Waals surface area contributed by atoms with E-state index < -0.39 is 16.1 Å². The third-order valence-corrected chi connectivity index (χ3v) is 8.89. The van der Waals surface area contributed by atoms with Gasteiger partial charge in [-0.3, -0.25) is 13.9 Å². The van der Waals surface area contributed by atoms with Crippen LogP contribution in [-0.2, 0) is 26.2 Å². The molecule has 11 heteroatoms. The molecule has 1 aliphatic carbocycles.